The summed E-state index contributed by atoms with van der Waals surface area (Å²) in [5.41, 5.74) is 0.891. The summed E-state index contributed by atoms with van der Waals surface area (Å²) >= 11 is 0. The summed E-state index contributed by atoms with van der Waals surface area (Å²) < 4.78 is 32.6. The van der Waals surface area contributed by atoms with Crippen LogP contribution < -0.4 is 15.1 Å². The number of halogens is 1. The predicted octanol–water partition coefficient (Wildman–Crippen LogP) is 3.77. The van der Waals surface area contributed by atoms with Crippen molar-refractivity contribution in [3.63, 3.8) is 0 Å². The van der Waals surface area contributed by atoms with Gasteiger partial charge in [0.1, 0.15) is 0 Å². The first-order valence-electron chi connectivity index (χ1n) is 11.5. The zero-order valence-corrected chi connectivity index (χ0v) is 19.7. The number of piperidine rings is 1. The molecule has 0 aliphatic carbocycles. The fourth-order valence-corrected chi connectivity index (χ4v) is 3.96. The third-order valence-electron chi connectivity index (χ3n) is 6.95. The van der Waals surface area contributed by atoms with Crippen LogP contribution in [0.5, 0.6) is 5.75 Å². The Labute approximate surface area is 190 Å². The van der Waals surface area contributed by atoms with Crippen molar-refractivity contribution >= 4 is 18.5 Å². The van der Waals surface area contributed by atoms with Gasteiger partial charge >= 0.3 is 7.12 Å². The number of hydrogen-bond donors (Lipinski definition) is 0. The van der Waals surface area contributed by atoms with Crippen molar-refractivity contribution in [2.24, 2.45) is 5.92 Å². The first-order valence-corrected chi connectivity index (χ1v) is 11.5. The summed E-state index contributed by atoms with van der Waals surface area (Å²) in [7, 11) is -0.582. The van der Waals surface area contributed by atoms with Crippen LogP contribution in [0.25, 0.3) is 0 Å². The molecule has 0 unspecified atom stereocenters. The SMILES string of the molecule is CCc1cnc(N2CCC(COc3ccc(B4OC(C)(C)C(C)(C)O4)cc3F)CC2)nc1. The van der Waals surface area contributed by atoms with Crippen molar-refractivity contribution in [2.75, 3.05) is 24.6 Å². The minimum Gasteiger partial charge on any atom is -0.490 e. The summed E-state index contributed by atoms with van der Waals surface area (Å²) in [5, 5.41) is 0. The molecule has 0 saturated carbocycles. The molecule has 2 saturated heterocycles. The Morgan fingerprint density at radius 2 is 1.72 bits per heavy atom. The van der Waals surface area contributed by atoms with E-state index in [2.05, 4.69) is 21.8 Å². The lowest BCUT2D eigenvalue weighted by molar-refractivity contribution is 0.00578. The highest BCUT2D eigenvalue weighted by Gasteiger charge is 2.51. The third kappa shape index (κ3) is 4.76. The maximum Gasteiger partial charge on any atom is 0.494 e. The molecule has 2 fully saturated rings. The monoisotopic (exact) mass is 441 g/mol. The predicted molar refractivity (Wildman–Crippen MR) is 124 cm³/mol. The van der Waals surface area contributed by atoms with E-state index in [-0.39, 0.29) is 11.6 Å². The van der Waals surface area contributed by atoms with Crippen LogP contribution in [0.3, 0.4) is 0 Å². The van der Waals surface area contributed by atoms with Gasteiger partial charge in [0.05, 0.1) is 17.8 Å². The third-order valence-corrected chi connectivity index (χ3v) is 6.95. The van der Waals surface area contributed by atoms with Crippen LogP contribution >= 0.6 is 0 Å². The maximum atomic E-state index is 14.7. The summed E-state index contributed by atoms with van der Waals surface area (Å²) in [6.07, 6.45) is 6.66. The first kappa shape index (κ1) is 23.0. The number of anilines is 1. The molecule has 0 bridgehead atoms. The van der Waals surface area contributed by atoms with Crippen LogP contribution in [-0.2, 0) is 15.7 Å². The van der Waals surface area contributed by atoms with E-state index in [1.54, 1.807) is 6.07 Å². The lowest BCUT2D eigenvalue weighted by Gasteiger charge is -2.32. The Balaban J connectivity index is 1.29. The summed E-state index contributed by atoms with van der Waals surface area (Å²) in [6.45, 7) is 12.3. The molecule has 0 radical (unpaired) electrons. The zero-order valence-electron chi connectivity index (χ0n) is 19.7. The van der Waals surface area contributed by atoms with E-state index in [4.69, 9.17) is 14.0 Å². The largest absolute Gasteiger partial charge is 0.494 e. The van der Waals surface area contributed by atoms with Crippen LogP contribution in [0.4, 0.5) is 10.3 Å². The van der Waals surface area contributed by atoms with Crippen LogP contribution in [0.15, 0.2) is 30.6 Å². The molecule has 0 atom stereocenters. The van der Waals surface area contributed by atoms with Gasteiger partial charge in [0.2, 0.25) is 5.95 Å². The molecule has 4 rings (SSSR count). The second-order valence-electron chi connectivity index (χ2n) is 9.76. The van der Waals surface area contributed by atoms with Gasteiger partial charge in [-0.15, -0.1) is 0 Å². The summed E-state index contributed by atoms with van der Waals surface area (Å²) in [6, 6.07) is 4.95. The van der Waals surface area contributed by atoms with Gasteiger partial charge in [0.15, 0.2) is 11.6 Å². The smallest absolute Gasteiger partial charge is 0.490 e. The van der Waals surface area contributed by atoms with Crippen molar-refractivity contribution in [3.8, 4) is 5.75 Å². The Bertz CT molecular complexity index is 915. The van der Waals surface area contributed by atoms with E-state index in [0.29, 0.717) is 18.0 Å². The van der Waals surface area contributed by atoms with E-state index >= 15 is 0 Å². The fourth-order valence-electron chi connectivity index (χ4n) is 3.96. The second kappa shape index (κ2) is 8.98. The van der Waals surface area contributed by atoms with E-state index < -0.39 is 18.3 Å². The molecule has 8 heteroatoms. The van der Waals surface area contributed by atoms with Gasteiger partial charge < -0.3 is 18.9 Å². The zero-order chi connectivity index (χ0) is 22.9. The van der Waals surface area contributed by atoms with Crippen molar-refractivity contribution in [3.05, 3.63) is 42.0 Å². The number of ether oxygens (including phenoxy) is 1. The Morgan fingerprint density at radius 3 is 2.28 bits per heavy atom. The molecule has 0 amide bonds. The number of aryl methyl sites for hydroxylation is 1. The molecule has 172 valence electrons. The molecule has 1 aromatic heterocycles. The van der Waals surface area contributed by atoms with Crippen molar-refractivity contribution in [1.82, 2.24) is 9.97 Å². The summed E-state index contributed by atoms with van der Waals surface area (Å²) in [4.78, 5) is 11.2. The standard InChI is InChI=1S/C24H33BFN3O3/c1-6-17-14-27-22(28-15-17)29-11-9-18(10-12-29)16-30-21-8-7-19(13-20(21)26)25-31-23(2,3)24(4,5)32-25/h7-8,13-15,18H,6,9-12,16H2,1-5H3. The number of benzene rings is 1. The highest BCUT2D eigenvalue weighted by atomic mass is 19.1. The molecular formula is C24H33BFN3O3. The summed E-state index contributed by atoms with van der Waals surface area (Å²) in [5.74, 6) is 1.04. The van der Waals surface area contributed by atoms with Gasteiger partial charge in [-0.1, -0.05) is 13.0 Å². The topological polar surface area (TPSA) is 56.7 Å². The highest BCUT2D eigenvalue weighted by Crippen LogP contribution is 2.36. The van der Waals surface area contributed by atoms with Crippen LogP contribution in [0.2, 0.25) is 0 Å². The molecule has 6 nitrogen and oxygen atoms in total. The van der Waals surface area contributed by atoms with E-state index in [0.717, 1.165) is 43.9 Å². The van der Waals surface area contributed by atoms with Gasteiger partial charge in [-0.2, -0.15) is 0 Å². The van der Waals surface area contributed by atoms with Crippen LogP contribution in [-0.4, -0.2) is 48.0 Å². The van der Waals surface area contributed by atoms with Gasteiger partial charge in [-0.3, -0.25) is 0 Å². The average molecular weight is 441 g/mol. The normalized spacial score (nSPS) is 20.6. The highest BCUT2D eigenvalue weighted by molar-refractivity contribution is 6.62. The Morgan fingerprint density at radius 1 is 1.09 bits per heavy atom. The fraction of sp³-hybridized carbons (Fsp3) is 0.583. The lowest BCUT2D eigenvalue weighted by atomic mass is 9.79. The lowest BCUT2D eigenvalue weighted by Crippen LogP contribution is -2.41. The van der Waals surface area contributed by atoms with Gasteiger partial charge in [0.25, 0.3) is 0 Å². The molecule has 2 aromatic rings. The average Bonchev–Trinajstić information content (AvgIpc) is 3.00. The number of hydrogen-bond acceptors (Lipinski definition) is 6. The molecule has 2 aliphatic rings. The van der Waals surface area contributed by atoms with E-state index in [9.17, 15) is 4.39 Å². The van der Waals surface area contributed by atoms with Crippen molar-refractivity contribution < 1.29 is 18.4 Å². The molecule has 0 N–H and O–H groups in total. The molecule has 32 heavy (non-hydrogen) atoms. The molecular weight excluding hydrogens is 408 g/mol. The number of nitrogens with zero attached hydrogens (tertiary/aromatic N) is 3. The minimum absolute atomic E-state index is 0.270. The second-order valence-corrected chi connectivity index (χ2v) is 9.76. The Hall–Kier alpha value is -2.19. The molecule has 1 aromatic carbocycles. The number of rotatable bonds is 6. The van der Waals surface area contributed by atoms with E-state index in [1.165, 1.54) is 6.07 Å². The van der Waals surface area contributed by atoms with Crippen molar-refractivity contribution in [1.29, 1.82) is 0 Å². The van der Waals surface area contributed by atoms with Crippen molar-refractivity contribution in [2.45, 2.75) is 65.1 Å². The van der Waals surface area contributed by atoms with Crippen LogP contribution in [0, 0.1) is 11.7 Å². The maximum absolute atomic E-state index is 14.7. The quantitative estimate of drug-likeness (QED) is 0.637. The van der Waals surface area contributed by atoms with Crippen LogP contribution in [0.1, 0.15) is 53.0 Å². The van der Waals surface area contributed by atoms with Gasteiger partial charge in [-0.25, -0.2) is 14.4 Å². The molecule has 0 spiro atoms. The van der Waals surface area contributed by atoms with Gasteiger partial charge in [0, 0.05) is 25.5 Å². The van der Waals surface area contributed by atoms with Gasteiger partial charge in [-0.05, 0) is 76.0 Å². The molecule has 2 aliphatic heterocycles. The first-order chi connectivity index (χ1) is 15.2. The number of aromatic nitrogens is 2. The minimum atomic E-state index is -0.582. The Kier molecular flexibility index (Phi) is 6.45. The van der Waals surface area contributed by atoms with E-state index in [1.807, 2.05) is 46.2 Å². The molecule has 3 heterocycles.